The number of carbonyl (C=O) groups is 2. The molecule has 5 heteroatoms. The molecule has 114 valence electrons. The summed E-state index contributed by atoms with van der Waals surface area (Å²) in [6, 6.07) is 0. The number of carbonyl (C=O) groups excluding carboxylic acids is 1. The van der Waals surface area contributed by atoms with Crippen molar-refractivity contribution in [2.24, 2.45) is 11.3 Å². The van der Waals surface area contributed by atoms with E-state index in [4.69, 9.17) is 9.84 Å². The summed E-state index contributed by atoms with van der Waals surface area (Å²) in [5, 5.41) is 9.11. The molecule has 0 radical (unpaired) electrons. The number of ether oxygens (including phenoxy) is 1. The molecule has 0 aromatic rings. The van der Waals surface area contributed by atoms with E-state index < -0.39 is 12.1 Å². The third-order valence-electron chi connectivity index (χ3n) is 4.39. The molecule has 1 saturated heterocycles. The van der Waals surface area contributed by atoms with E-state index in [2.05, 4.69) is 13.8 Å². The Hall–Kier alpha value is -1.10. The Bertz CT molecular complexity index is 389. The SMILES string of the molecule is CC(C)CC1(C(=O)N2CC(C(=O)O)O[C@H](C)C2)CCC1. The summed E-state index contributed by atoms with van der Waals surface area (Å²) in [5.74, 6) is -0.368. The minimum atomic E-state index is -0.985. The van der Waals surface area contributed by atoms with Gasteiger partial charge in [-0.15, -0.1) is 0 Å². The maximum Gasteiger partial charge on any atom is 0.334 e. The molecule has 2 atom stereocenters. The Kier molecular flexibility index (Phi) is 4.37. The summed E-state index contributed by atoms with van der Waals surface area (Å²) in [6.07, 6.45) is 2.76. The van der Waals surface area contributed by atoms with E-state index in [0.717, 1.165) is 25.7 Å². The van der Waals surface area contributed by atoms with E-state index in [1.807, 2.05) is 6.92 Å². The standard InChI is InChI=1S/C15H25NO4/c1-10(2)7-15(5-4-6-15)14(19)16-8-11(3)20-12(9-16)13(17)18/h10-12H,4-9H2,1-3H3,(H,17,18)/t11-,12?/m1/s1. The van der Waals surface area contributed by atoms with Crippen LogP contribution in [0.25, 0.3) is 0 Å². The maximum atomic E-state index is 12.8. The number of amides is 1. The number of carboxylic acids is 1. The van der Waals surface area contributed by atoms with Crippen LogP contribution < -0.4 is 0 Å². The number of carboxylic acid groups (broad SMARTS) is 1. The first-order chi connectivity index (χ1) is 9.34. The van der Waals surface area contributed by atoms with Crippen LogP contribution in [0.5, 0.6) is 0 Å². The molecular weight excluding hydrogens is 258 g/mol. The lowest BCUT2D eigenvalue weighted by Gasteiger charge is -2.47. The zero-order valence-corrected chi connectivity index (χ0v) is 12.6. The van der Waals surface area contributed by atoms with Crippen LogP contribution in [0.3, 0.4) is 0 Å². The first-order valence-corrected chi connectivity index (χ1v) is 7.52. The molecule has 1 saturated carbocycles. The van der Waals surface area contributed by atoms with Crippen molar-refractivity contribution in [1.29, 1.82) is 0 Å². The van der Waals surface area contributed by atoms with Crippen LogP contribution >= 0.6 is 0 Å². The van der Waals surface area contributed by atoms with Gasteiger partial charge in [0.15, 0.2) is 6.10 Å². The Morgan fingerprint density at radius 2 is 2.00 bits per heavy atom. The first kappa shape index (κ1) is 15.3. The molecular formula is C15H25NO4. The van der Waals surface area contributed by atoms with Gasteiger partial charge < -0.3 is 14.7 Å². The molecule has 0 aromatic heterocycles. The summed E-state index contributed by atoms with van der Waals surface area (Å²) in [5.41, 5.74) is -0.242. The number of rotatable bonds is 4. The fourth-order valence-corrected chi connectivity index (χ4v) is 3.48. The lowest BCUT2D eigenvalue weighted by molar-refractivity contribution is -0.173. The van der Waals surface area contributed by atoms with Crippen LogP contribution in [0.15, 0.2) is 0 Å². The van der Waals surface area contributed by atoms with E-state index in [1.54, 1.807) is 4.90 Å². The van der Waals surface area contributed by atoms with Crippen molar-refractivity contribution in [3.63, 3.8) is 0 Å². The Morgan fingerprint density at radius 3 is 2.45 bits per heavy atom. The highest BCUT2D eigenvalue weighted by Crippen LogP contribution is 2.47. The second-order valence-corrected chi connectivity index (χ2v) is 6.72. The molecule has 2 aliphatic rings. The number of hydrogen-bond acceptors (Lipinski definition) is 3. The van der Waals surface area contributed by atoms with Crippen LogP contribution in [0.2, 0.25) is 0 Å². The fraction of sp³-hybridized carbons (Fsp3) is 0.867. The van der Waals surface area contributed by atoms with Gasteiger partial charge in [-0.05, 0) is 32.1 Å². The normalized spacial score (nSPS) is 29.1. The van der Waals surface area contributed by atoms with E-state index >= 15 is 0 Å². The van der Waals surface area contributed by atoms with Gasteiger partial charge >= 0.3 is 5.97 Å². The van der Waals surface area contributed by atoms with Crippen LogP contribution in [0.1, 0.15) is 46.5 Å². The number of nitrogens with zero attached hydrogens (tertiary/aromatic N) is 1. The zero-order valence-electron chi connectivity index (χ0n) is 12.6. The van der Waals surface area contributed by atoms with Crippen molar-refractivity contribution in [2.75, 3.05) is 13.1 Å². The van der Waals surface area contributed by atoms with E-state index in [9.17, 15) is 9.59 Å². The monoisotopic (exact) mass is 283 g/mol. The molecule has 0 spiro atoms. The van der Waals surface area contributed by atoms with Crippen LogP contribution in [-0.4, -0.2) is 47.2 Å². The van der Waals surface area contributed by atoms with Gasteiger partial charge in [-0.3, -0.25) is 4.79 Å². The highest BCUT2D eigenvalue weighted by atomic mass is 16.5. The largest absolute Gasteiger partial charge is 0.479 e. The zero-order chi connectivity index (χ0) is 14.9. The maximum absolute atomic E-state index is 12.8. The summed E-state index contributed by atoms with van der Waals surface area (Å²) >= 11 is 0. The minimum Gasteiger partial charge on any atom is -0.479 e. The van der Waals surface area contributed by atoms with E-state index in [-0.39, 0.29) is 24.0 Å². The smallest absolute Gasteiger partial charge is 0.334 e. The molecule has 1 unspecified atom stereocenters. The van der Waals surface area contributed by atoms with Gasteiger partial charge in [-0.1, -0.05) is 20.3 Å². The van der Waals surface area contributed by atoms with Gasteiger partial charge in [-0.25, -0.2) is 4.79 Å². The number of aliphatic carboxylic acids is 1. The van der Waals surface area contributed by atoms with Gasteiger partial charge in [0.25, 0.3) is 0 Å². The van der Waals surface area contributed by atoms with E-state index in [0.29, 0.717) is 12.5 Å². The molecule has 2 rings (SSSR count). The summed E-state index contributed by atoms with van der Waals surface area (Å²) in [6.45, 7) is 6.77. The molecule has 0 aromatic carbocycles. The van der Waals surface area contributed by atoms with Crippen LogP contribution in [0, 0.1) is 11.3 Å². The lowest BCUT2D eigenvalue weighted by Crippen LogP contribution is -2.57. The first-order valence-electron chi connectivity index (χ1n) is 7.52. The predicted octanol–water partition coefficient (Wildman–Crippen LogP) is 1.90. The van der Waals surface area contributed by atoms with Crippen molar-refractivity contribution >= 4 is 11.9 Å². The van der Waals surface area contributed by atoms with Gasteiger partial charge in [0.1, 0.15) is 0 Å². The van der Waals surface area contributed by atoms with Gasteiger partial charge in [0.05, 0.1) is 12.6 Å². The van der Waals surface area contributed by atoms with Crippen LogP contribution in [-0.2, 0) is 14.3 Å². The third kappa shape index (κ3) is 2.97. The Morgan fingerprint density at radius 1 is 1.35 bits per heavy atom. The molecule has 5 nitrogen and oxygen atoms in total. The molecule has 0 bridgehead atoms. The summed E-state index contributed by atoms with van der Waals surface area (Å²) in [4.78, 5) is 25.7. The average Bonchev–Trinajstić information content (AvgIpc) is 2.31. The number of morpholine rings is 1. The molecule has 2 fully saturated rings. The molecule has 1 aliphatic heterocycles. The highest BCUT2D eigenvalue weighted by Gasteiger charge is 2.48. The van der Waals surface area contributed by atoms with E-state index in [1.165, 1.54) is 0 Å². The van der Waals surface area contributed by atoms with Crippen molar-refractivity contribution in [3.05, 3.63) is 0 Å². The topological polar surface area (TPSA) is 66.8 Å². The summed E-state index contributed by atoms with van der Waals surface area (Å²) < 4.78 is 5.38. The lowest BCUT2D eigenvalue weighted by atomic mass is 9.63. The fourth-order valence-electron chi connectivity index (χ4n) is 3.48. The second kappa shape index (κ2) is 5.72. The van der Waals surface area contributed by atoms with Crippen molar-refractivity contribution < 1.29 is 19.4 Å². The Balaban J connectivity index is 2.09. The average molecular weight is 283 g/mol. The molecule has 1 N–H and O–H groups in total. The Labute approximate surface area is 120 Å². The minimum absolute atomic E-state index is 0.138. The molecule has 20 heavy (non-hydrogen) atoms. The van der Waals surface area contributed by atoms with Gasteiger partial charge in [0, 0.05) is 12.0 Å². The highest BCUT2D eigenvalue weighted by molar-refractivity contribution is 5.84. The molecule has 1 amide bonds. The van der Waals surface area contributed by atoms with Crippen LogP contribution in [0.4, 0.5) is 0 Å². The molecule has 1 heterocycles. The summed E-state index contributed by atoms with van der Waals surface area (Å²) in [7, 11) is 0. The third-order valence-corrected chi connectivity index (χ3v) is 4.39. The van der Waals surface area contributed by atoms with Crippen molar-refractivity contribution in [3.8, 4) is 0 Å². The van der Waals surface area contributed by atoms with Gasteiger partial charge in [0.2, 0.25) is 5.91 Å². The van der Waals surface area contributed by atoms with Crippen molar-refractivity contribution in [1.82, 2.24) is 4.90 Å². The number of hydrogen-bond donors (Lipinski definition) is 1. The van der Waals surface area contributed by atoms with Gasteiger partial charge in [-0.2, -0.15) is 0 Å². The van der Waals surface area contributed by atoms with Crippen molar-refractivity contribution in [2.45, 2.75) is 58.7 Å². The predicted molar refractivity (Wildman–Crippen MR) is 74.3 cm³/mol. The quantitative estimate of drug-likeness (QED) is 0.855. The molecule has 1 aliphatic carbocycles. The second-order valence-electron chi connectivity index (χ2n) is 6.72.